The second-order valence-electron chi connectivity index (χ2n) is 2.72. The van der Waals surface area contributed by atoms with Crippen molar-refractivity contribution >= 4 is 31.9 Å². The van der Waals surface area contributed by atoms with Gasteiger partial charge in [0.25, 0.3) is 0 Å². The Kier molecular flexibility index (Phi) is 5.67. The highest BCUT2D eigenvalue weighted by molar-refractivity contribution is 9.24. The summed E-state index contributed by atoms with van der Waals surface area (Å²) in [4.78, 5) is 0. The number of halogens is 2. The van der Waals surface area contributed by atoms with E-state index in [0.717, 1.165) is 13.0 Å². The molecule has 0 aromatic heterocycles. The van der Waals surface area contributed by atoms with Crippen LogP contribution in [0.25, 0.3) is 0 Å². The summed E-state index contributed by atoms with van der Waals surface area (Å²) in [6, 6.07) is 10.2. The molecule has 0 spiro atoms. The maximum atomic E-state index is 5.47. The summed E-state index contributed by atoms with van der Waals surface area (Å²) in [5.41, 5.74) is 1.23. The Labute approximate surface area is 95.7 Å². The van der Waals surface area contributed by atoms with E-state index in [2.05, 4.69) is 44.0 Å². The Hall–Kier alpha value is 0.140. The van der Waals surface area contributed by atoms with Crippen molar-refractivity contribution in [3.63, 3.8) is 0 Å². The zero-order valence-electron chi connectivity index (χ0n) is 7.25. The van der Waals surface area contributed by atoms with E-state index in [4.69, 9.17) is 4.74 Å². The second kappa shape index (κ2) is 6.57. The van der Waals surface area contributed by atoms with Crippen LogP contribution in [0.3, 0.4) is 0 Å². The SMILES string of the molecule is BrC(Br)CCOCc1ccccc1. The predicted octanol–water partition coefficient (Wildman–Crippen LogP) is 3.71. The minimum Gasteiger partial charge on any atom is -0.377 e. The standard InChI is InChI=1S/C10H12Br2O/c11-10(12)6-7-13-8-9-4-2-1-3-5-9/h1-5,10H,6-8H2. The third-order valence-corrected chi connectivity index (χ3v) is 2.51. The Morgan fingerprint density at radius 1 is 1.15 bits per heavy atom. The van der Waals surface area contributed by atoms with Crippen molar-refractivity contribution in [1.82, 2.24) is 0 Å². The minimum atomic E-state index is 0.357. The molecule has 0 bridgehead atoms. The lowest BCUT2D eigenvalue weighted by molar-refractivity contribution is 0.121. The van der Waals surface area contributed by atoms with Crippen LogP contribution in [-0.2, 0) is 11.3 Å². The summed E-state index contributed by atoms with van der Waals surface area (Å²) in [5, 5.41) is 0. The van der Waals surface area contributed by atoms with Crippen molar-refractivity contribution in [2.45, 2.75) is 16.8 Å². The van der Waals surface area contributed by atoms with Gasteiger partial charge in [0.1, 0.15) is 0 Å². The molecule has 72 valence electrons. The average Bonchev–Trinajstić information content (AvgIpc) is 2.14. The first kappa shape index (κ1) is 11.2. The lowest BCUT2D eigenvalue weighted by atomic mass is 10.2. The smallest absolute Gasteiger partial charge is 0.0719 e. The van der Waals surface area contributed by atoms with Crippen molar-refractivity contribution in [3.05, 3.63) is 35.9 Å². The van der Waals surface area contributed by atoms with E-state index in [9.17, 15) is 0 Å². The maximum Gasteiger partial charge on any atom is 0.0719 e. The molecule has 0 fully saturated rings. The molecule has 1 rings (SSSR count). The summed E-state index contributed by atoms with van der Waals surface area (Å²) < 4.78 is 5.83. The molecule has 0 amide bonds. The topological polar surface area (TPSA) is 9.23 Å². The molecule has 0 aliphatic carbocycles. The Bertz CT molecular complexity index is 224. The Morgan fingerprint density at radius 2 is 1.85 bits per heavy atom. The van der Waals surface area contributed by atoms with Crippen molar-refractivity contribution in [2.24, 2.45) is 0 Å². The van der Waals surface area contributed by atoms with Gasteiger partial charge in [-0.15, -0.1) is 0 Å². The number of hydrogen-bond donors (Lipinski definition) is 0. The molecule has 0 unspecified atom stereocenters. The van der Waals surface area contributed by atoms with Crippen LogP contribution in [0.5, 0.6) is 0 Å². The lowest BCUT2D eigenvalue weighted by Gasteiger charge is -2.04. The summed E-state index contributed by atoms with van der Waals surface area (Å²) in [6.45, 7) is 1.48. The molecular weight excluding hydrogens is 296 g/mol. The van der Waals surface area contributed by atoms with Crippen molar-refractivity contribution in [1.29, 1.82) is 0 Å². The predicted molar refractivity (Wildman–Crippen MR) is 62.4 cm³/mol. The summed E-state index contributed by atoms with van der Waals surface area (Å²) >= 11 is 6.79. The van der Waals surface area contributed by atoms with Crippen LogP contribution in [0.15, 0.2) is 30.3 Å². The van der Waals surface area contributed by atoms with Gasteiger partial charge in [-0.05, 0) is 12.0 Å². The van der Waals surface area contributed by atoms with E-state index in [1.807, 2.05) is 18.2 Å². The van der Waals surface area contributed by atoms with Gasteiger partial charge in [0.05, 0.1) is 10.3 Å². The Balaban J connectivity index is 2.13. The fraction of sp³-hybridized carbons (Fsp3) is 0.400. The fourth-order valence-electron chi connectivity index (χ4n) is 0.937. The highest BCUT2D eigenvalue weighted by atomic mass is 79.9. The number of hydrogen-bond acceptors (Lipinski definition) is 1. The molecule has 0 saturated carbocycles. The third-order valence-electron chi connectivity index (χ3n) is 1.59. The zero-order chi connectivity index (χ0) is 9.52. The average molecular weight is 308 g/mol. The van der Waals surface area contributed by atoms with E-state index >= 15 is 0 Å². The first-order valence-corrected chi connectivity index (χ1v) is 6.02. The van der Waals surface area contributed by atoms with Crippen LogP contribution in [0.2, 0.25) is 0 Å². The van der Waals surface area contributed by atoms with Crippen LogP contribution in [0.1, 0.15) is 12.0 Å². The van der Waals surface area contributed by atoms with Crippen LogP contribution < -0.4 is 0 Å². The van der Waals surface area contributed by atoms with Crippen LogP contribution in [-0.4, -0.2) is 10.3 Å². The summed E-state index contributed by atoms with van der Waals surface area (Å²) in [7, 11) is 0. The van der Waals surface area contributed by atoms with Gasteiger partial charge in [0, 0.05) is 6.61 Å². The van der Waals surface area contributed by atoms with Gasteiger partial charge in [-0.1, -0.05) is 62.2 Å². The van der Waals surface area contributed by atoms with Crippen LogP contribution in [0, 0.1) is 0 Å². The van der Waals surface area contributed by atoms with E-state index in [1.54, 1.807) is 0 Å². The normalized spacial score (nSPS) is 10.7. The van der Waals surface area contributed by atoms with Gasteiger partial charge in [0.15, 0.2) is 0 Å². The Morgan fingerprint density at radius 3 is 2.46 bits per heavy atom. The second-order valence-corrected chi connectivity index (χ2v) is 6.16. The van der Waals surface area contributed by atoms with Gasteiger partial charge < -0.3 is 4.74 Å². The third kappa shape index (κ3) is 5.45. The highest BCUT2D eigenvalue weighted by Crippen LogP contribution is 2.12. The van der Waals surface area contributed by atoms with Crippen molar-refractivity contribution < 1.29 is 4.74 Å². The van der Waals surface area contributed by atoms with Crippen molar-refractivity contribution in [2.75, 3.05) is 6.61 Å². The first-order chi connectivity index (χ1) is 6.29. The first-order valence-electron chi connectivity index (χ1n) is 4.19. The van der Waals surface area contributed by atoms with E-state index in [0.29, 0.717) is 10.3 Å². The molecule has 3 heteroatoms. The van der Waals surface area contributed by atoms with Crippen LogP contribution in [0.4, 0.5) is 0 Å². The molecule has 0 heterocycles. The highest BCUT2D eigenvalue weighted by Gasteiger charge is 1.97. The van der Waals surface area contributed by atoms with Gasteiger partial charge in [-0.25, -0.2) is 0 Å². The molecule has 0 N–H and O–H groups in total. The summed E-state index contributed by atoms with van der Waals surface area (Å²) in [6.07, 6.45) is 0.979. The molecule has 0 saturated heterocycles. The van der Waals surface area contributed by atoms with Gasteiger partial charge in [-0.2, -0.15) is 0 Å². The van der Waals surface area contributed by atoms with Gasteiger partial charge >= 0.3 is 0 Å². The number of ether oxygens (including phenoxy) is 1. The van der Waals surface area contributed by atoms with E-state index in [-0.39, 0.29) is 0 Å². The number of benzene rings is 1. The zero-order valence-corrected chi connectivity index (χ0v) is 10.4. The quantitative estimate of drug-likeness (QED) is 0.595. The molecule has 1 aromatic rings. The molecule has 1 nitrogen and oxygen atoms in total. The molecule has 0 aliphatic rings. The number of rotatable bonds is 5. The molecule has 0 aliphatic heterocycles. The molecule has 0 atom stereocenters. The number of alkyl halides is 2. The maximum absolute atomic E-state index is 5.47. The van der Waals surface area contributed by atoms with Crippen molar-refractivity contribution in [3.8, 4) is 0 Å². The van der Waals surface area contributed by atoms with Gasteiger partial charge in [-0.3, -0.25) is 0 Å². The minimum absolute atomic E-state index is 0.357. The molecule has 0 radical (unpaired) electrons. The molecule has 13 heavy (non-hydrogen) atoms. The largest absolute Gasteiger partial charge is 0.377 e. The molecule has 1 aromatic carbocycles. The van der Waals surface area contributed by atoms with Gasteiger partial charge in [0.2, 0.25) is 0 Å². The molecular formula is C10H12Br2O. The lowest BCUT2D eigenvalue weighted by Crippen LogP contribution is -1.98. The summed E-state index contributed by atoms with van der Waals surface area (Å²) in [5.74, 6) is 0. The fourth-order valence-corrected chi connectivity index (χ4v) is 1.31. The van der Waals surface area contributed by atoms with E-state index in [1.165, 1.54) is 5.56 Å². The monoisotopic (exact) mass is 306 g/mol. The van der Waals surface area contributed by atoms with Crippen LogP contribution >= 0.6 is 31.9 Å². The van der Waals surface area contributed by atoms with E-state index < -0.39 is 0 Å².